The van der Waals surface area contributed by atoms with Gasteiger partial charge in [-0.3, -0.25) is 14.2 Å². The molecule has 2 aromatic carbocycles. The number of aromatic nitrogens is 2. The normalized spacial score (nSPS) is 10.8. The molecular weight excluding hydrogens is 358 g/mol. The Bertz CT molecular complexity index is 935. The number of hydrogen-bond acceptors (Lipinski definition) is 4. The molecule has 128 valence electrons. The van der Waals surface area contributed by atoms with Crippen LogP contribution in [0.2, 0.25) is 5.02 Å². The number of para-hydroxylation sites is 2. The first-order valence-electron chi connectivity index (χ1n) is 7.58. The zero-order valence-corrected chi connectivity index (χ0v) is 15.3. The second kappa shape index (κ2) is 7.29. The van der Waals surface area contributed by atoms with Crippen molar-refractivity contribution in [1.82, 2.24) is 14.5 Å². The maximum atomic E-state index is 13.0. The van der Waals surface area contributed by atoms with Gasteiger partial charge in [0.25, 0.3) is 5.91 Å². The Morgan fingerprint density at radius 1 is 1.12 bits per heavy atom. The summed E-state index contributed by atoms with van der Waals surface area (Å²) in [7, 11) is 3.40. The third-order valence-corrected chi connectivity index (χ3v) is 4.82. The lowest BCUT2D eigenvalue weighted by Crippen LogP contribution is -2.24. The molecule has 0 saturated heterocycles. The highest BCUT2D eigenvalue weighted by molar-refractivity contribution is 7.99. The molecule has 0 bridgehead atoms. The van der Waals surface area contributed by atoms with Crippen molar-refractivity contribution in [2.24, 2.45) is 0 Å². The van der Waals surface area contributed by atoms with Gasteiger partial charge in [-0.2, -0.15) is 0 Å². The van der Waals surface area contributed by atoms with Crippen LogP contribution in [-0.2, 0) is 4.79 Å². The lowest BCUT2D eigenvalue weighted by molar-refractivity contribution is -0.125. The van der Waals surface area contributed by atoms with Crippen LogP contribution in [0.25, 0.3) is 11.0 Å². The second-order valence-electron chi connectivity index (χ2n) is 5.61. The molecule has 5 nitrogen and oxygen atoms in total. The molecule has 0 aliphatic rings. The monoisotopic (exact) mass is 373 g/mol. The Balaban J connectivity index is 2.02. The Hall–Kier alpha value is -2.31. The van der Waals surface area contributed by atoms with Gasteiger partial charge in [0.2, 0.25) is 5.91 Å². The minimum absolute atomic E-state index is 0.0393. The van der Waals surface area contributed by atoms with Gasteiger partial charge in [0.15, 0.2) is 5.16 Å². The van der Waals surface area contributed by atoms with Crippen molar-refractivity contribution >= 4 is 46.2 Å². The quantitative estimate of drug-likeness (QED) is 0.656. The summed E-state index contributed by atoms with van der Waals surface area (Å²) in [5.74, 6) is -0.0303. The topological polar surface area (TPSA) is 55.2 Å². The standard InChI is InChI=1S/C18H16ClN3O2S/c1-21(2)16(23)11-25-18-20-14-5-3-4-6-15(14)22(18)17(24)12-7-9-13(19)10-8-12/h3-10H,11H2,1-2H3. The summed E-state index contributed by atoms with van der Waals surface area (Å²) in [5.41, 5.74) is 1.93. The van der Waals surface area contributed by atoms with Crippen molar-refractivity contribution in [2.75, 3.05) is 19.8 Å². The van der Waals surface area contributed by atoms with Crippen LogP contribution in [0.15, 0.2) is 53.7 Å². The van der Waals surface area contributed by atoms with Crippen LogP contribution >= 0.6 is 23.4 Å². The number of halogens is 1. The smallest absolute Gasteiger partial charge is 0.264 e. The molecule has 3 rings (SSSR count). The van der Waals surface area contributed by atoms with Crippen molar-refractivity contribution in [3.05, 3.63) is 59.1 Å². The molecule has 0 aliphatic heterocycles. The fourth-order valence-corrected chi connectivity index (χ4v) is 3.38. The molecule has 25 heavy (non-hydrogen) atoms. The van der Waals surface area contributed by atoms with Crippen LogP contribution in [-0.4, -0.2) is 46.1 Å². The van der Waals surface area contributed by atoms with Crippen LogP contribution in [0.3, 0.4) is 0 Å². The Morgan fingerprint density at radius 3 is 2.48 bits per heavy atom. The van der Waals surface area contributed by atoms with E-state index < -0.39 is 0 Å². The largest absolute Gasteiger partial charge is 0.348 e. The number of nitrogens with zero attached hydrogens (tertiary/aromatic N) is 3. The van der Waals surface area contributed by atoms with Crippen LogP contribution in [0.1, 0.15) is 10.4 Å². The van der Waals surface area contributed by atoms with Gasteiger partial charge in [0, 0.05) is 24.7 Å². The summed E-state index contributed by atoms with van der Waals surface area (Å²) in [4.78, 5) is 30.9. The number of fused-ring (bicyclic) bond motifs is 1. The van der Waals surface area contributed by atoms with Gasteiger partial charge >= 0.3 is 0 Å². The molecule has 0 N–H and O–H groups in total. The Labute approximate surface area is 154 Å². The fourth-order valence-electron chi connectivity index (χ4n) is 2.27. The van der Waals surface area contributed by atoms with E-state index in [4.69, 9.17) is 11.6 Å². The molecule has 1 heterocycles. The number of amides is 1. The predicted molar refractivity (Wildman–Crippen MR) is 100 cm³/mol. The average molecular weight is 374 g/mol. The summed E-state index contributed by atoms with van der Waals surface area (Å²) < 4.78 is 1.55. The summed E-state index contributed by atoms with van der Waals surface area (Å²) in [6.45, 7) is 0. The summed E-state index contributed by atoms with van der Waals surface area (Å²) in [6.07, 6.45) is 0. The molecule has 3 aromatic rings. The molecule has 1 aromatic heterocycles. The van der Waals surface area contributed by atoms with Gasteiger partial charge in [0.05, 0.1) is 16.8 Å². The lowest BCUT2D eigenvalue weighted by atomic mass is 10.2. The van der Waals surface area contributed by atoms with E-state index >= 15 is 0 Å². The van der Waals surface area contributed by atoms with Crippen molar-refractivity contribution in [2.45, 2.75) is 5.16 Å². The van der Waals surface area contributed by atoms with E-state index in [1.54, 1.807) is 42.9 Å². The van der Waals surface area contributed by atoms with E-state index in [0.29, 0.717) is 26.8 Å². The molecule has 0 aliphatic carbocycles. The Kier molecular flexibility index (Phi) is 5.11. The number of thioether (sulfide) groups is 1. The van der Waals surface area contributed by atoms with Crippen molar-refractivity contribution in [3.8, 4) is 0 Å². The third kappa shape index (κ3) is 3.70. The van der Waals surface area contributed by atoms with Crippen LogP contribution in [0, 0.1) is 0 Å². The highest BCUT2D eigenvalue weighted by atomic mass is 35.5. The van der Waals surface area contributed by atoms with E-state index in [9.17, 15) is 9.59 Å². The number of carbonyl (C=O) groups excluding carboxylic acids is 2. The third-order valence-electron chi connectivity index (χ3n) is 3.65. The van der Waals surface area contributed by atoms with E-state index in [2.05, 4.69) is 4.98 Å². The van der Waals surface area contributed by atoms with E-state index in [1.165, 1.54) is 16.7 Å². The molecule has 0 atom stereocenters. The fraction of sp³-hybridized carbons (Fsp3) is 0.167. The average Bonchev–Trinajstić information content (AvgIpc) is 2.97. The first kappa shape index (κ1) is 17.5. The summed E-state index contributed by atoms with van der Waals surface area (Å²) in [6, 6.07) is 14.1. The molecule has 0 fully saturated rings. The minimum atomic E-state index is -0.204. The Morgan fingerprint density at radius 2 is 1.80 bits per heavy atom. The van der Waals surface area contributed by atoms with E-state index in [-0.39, 0.29) is 17.6 Å². The maximum Gasteiger partial charge on any atom is 0.264 e. The highest BCUT2D eigenvalue weighted by Gasteiger charge is 2.19. The van der Waals surface area contributed by atoms with Gasteiger partial charge in [-0.15, -0.1) is 0 Å². The van der Waals surface area contributed by atoms with Crippen LogP contribution < -0.4 is 0 Å². The summed E-state index contributed by atoms with van der Waals surface area (Å²) >= 11 is 7.15. The van der Waals surface area contributed by atoms with Gasteiger partial charge in [-0.1, -0.05) is 35.5 Å². The first-order chi connectivity index (χ1) is 12.0. The number of benzene rings is 2. The lowest BCUT2D eigenvalue weighted by Gasteiger charge is -2.10. The van der Waals surface area contributed by atoms with Crippen molar-refractivity contribution in [1.29, 1.82) is 0 Å². The molecule has 1 amide bonds. The molecule has 0 radical (unpaired) electrons. The van der Waals surface area contributed by atoms with Gasteiger partial charge < -0.3 is 4.90 Å². The minimum Gasteiger partial charge on any atom is -0.348 e. The van der Waals surface area contributed by atoms with E-state index in [0.717, 1.165) is 0 Å². The number of imidazole rings is 1. The SMILES string of the molecule is CN(C)C(=O)CSc1nc2ccccc2n1C(=O)c1ccc(Cl)cc1. The number of rotatable bonds is 4. The number of carbonyl (C=O) groups is 2. The van der Waals surface area contributed by atoms with Crippen molar-refractivity contribution in [3.63, 3.8) is 0 Å². The molecule has 0 spiro atoms. The van der Waals surface area contributed by atoms with Gasteiger partial charge in [0.1, 0.15) is 0 Å². The maximum absolute atomic E-state index is 13.0. The molecule has 7 heteroatoms. The zero-order chi connectivity index (χ0) is 18.0. The number of hydrogen-bond donors (Lipinski definition) is 0. The first-order valence-corrected chi connectivity index (χ1v) is 8.94. The summed E-state index contributed by atoms with van der Waals surface area (Å²) in [5, 5.41) is 1.06. The zero-order valence-electron chi connectivity index (χ0n) is 13.8. The molecule has 0 unspecified atom stereocenters. The highest BCUT2D eigenvalue weighted by Crippen LogP contribution is 2.25. The predicted octanol–water partition coefficient (Wildman–Crippen LogP) is 3.56. The van der Waals surface area contributed by atoms with Crippen LogP contribution in [0.4, 0.5) is 0 Å². The molecule has 0 saturated carbocycles. The van der Waals surface area contributed by atoms with Crippen molar-refractivity contribution < 1.29 is 9.59 Å². The van der Waals surface area contributed by atoms with Gasteiger partial charge in [-0.25, -0.2) is 4.98 Å². The van der Waals surface area contributed by atoms with Crippen LogP contribution in [0.5, 0.6) is 0 Å². The van der Waals surface area contributed by atoms with E-state index in [1.807, 2.05) is 24.3 Å². The van der Waals surface area contributed by atoms with Gasteiger partial charge in [-0.05, 0) is 36.4 Å². The molecular formula is C18H16ClN3O2S. The second-order valence-corrected chi connectivity index (χ2v) is 6.99.